The van der Waals surface area contributed by atoms with E-state index in [2.05, 4.69) is 15.8 Å². The standard InChI is InChI=1S/C20H24N4O3/c1-15(9-10-18-7-4-12-27-18)22-23-19(25)14-21-16-5-2-6-17(13-16)24-11-3-8-20(24)26/h2,4-7,12-13,21H,3,8-11,14H2,1H3,(H,23,25)/b22-15+. The molecule has 0 atom stereocenters. The number of hydrogen-bond acceptors (Lipinski definition) is 5. The van der Waals surface area contributed by atoms with E-state index in [9.17, 15) is 9.59 Å². The van der Waals surface area contributed by atoms with Crippen LogP contribution in [0.25, 0.3) is 0 Å². The Morgan fingerprint density at radius 1 is 1.30 bits per heavy atom. The molecule has 0 spiro atoms. The number of amides is 2. The molecule has 2 heterocycles. The summed E-state index contributed by atoms with van der Waals surface area (Å²) >= 11 is 0. The second-order valence-corrected chi connectivity index (χ2v) is 6.51. The molecule has 142 valence electrons. The minimum atomic E-state index is -0.227. The highest BCUT2D eigenvalue weighted by Gasteiger charge is 2.21. The lowest BCUT2D eigenvalue weighted by Crippen LogP contribution is -2.27. The van der Waals surface area contributed by atoms with Gasteiger partial charge in [0.05, 0.1) is 12.8 Å². The smallest absolute Gasteiger partial charge is 0.259 e. The number of nitrogens with zero attached hydrogens (tertiary/aromatic N) is 2. The van der Waals surface area contributed by atoms with Gasteiger partial charge in [0, 0.05) is 36.5 Å². The molecule has 3 rings (SSSR count). The number of aryl methyl sites for hydroxylation is 1. The third kappa shape index (κ3) is 5.44. The number of carbonyl (C=O) groups is 2. The molecule has 2 N–H and O–H groups in total. The molecule has 0 unspecified atom stereocenters. The van der Waals surface area contributed by atoms with Crippen molar-refractivity contribution < 1.29 is 14.0 Å². The number of benzene rings is 1. The zero-order valence-corrected chi connectivity index (χ0v) is 15.4. The van der Waals surface area contributed by atoms with Crippen LogP contribution < -0.4 is 15.6 Å². The summed E-state index contributed by atoms with van der Waals surface area (Å²) in [4.78, 5) is 25.6. The number of hydrazone groups is 1. The third-order valence-electron chi connectivity index (χ3n) is 4.37. The second-order valence-electron chi connectivity index (χ2n) is 6.51. The summed E-state index contributed by atoms with van der Waals surface area (Å²) in [7, 11) is 0. The minimum absolute atomic E-state index is 0.104. The topological polar surface area (TPSA) is 86.9 Å². The van der Waals surface area contributed by atoms with Crippen molar-refractivity contribution in [3.63, 3.8) is 0 Å². The van der Waals surface area contributed by atoms with E-state index in [-0.39, 0.29) is 18.4 Å². The van der Waals surface area contributed by atoms with Gasteiger partial charge in [0.15, 0.2) is 0 Å². The van der Waals surface area contributed by atoms with Gasteiger partial charge in [-0.1, -0.05) is 6.07 Å². The Balaban J connectivity index is 1.44. The highest BCUT2D eigenvalue weighted by Crippen LogP contribution is 2.24. The van der Waals surface area contributed by atoms with Crippen LogP contribution >= 0.6 is 0 Å². The maximum Gasteiger partial charge on any atom is 0.259 e. The quantitative estimate of drug-likeness (QED) is 0.554. The predicted molar refractivity (Wildman–Crippen MR) is 105 cm³/mol. The van der Waals surface area contributed by atoms with Crippen molar-refractivity contribution in [1.82, 2.24) is 5.43 Å². The molecule has 0 saturated carbocycles. The zero-order valence-electron chi connectivity index (χ0n) is 15.4. The van der Waals surface area contributed by atoms with Gasteiger partial charge in [-0.2, -0.15) is 5.10 Å². The van der Waals surface area contributed by atoms with Crippen molar-refractivity contribution in [3.05, 3.63) is 48.4 Å². The van der Waals surface area contributed by atoms with E-state index in [0.717, 1.165) is 42.2 Å². The van der Waals surface area contributed by atoms with Crippen LogP contribution in [0.15, 0.2) is 52.2 Å². The first-order chi connectivity index (χ1) is 13.1. The molecule has 7 heteroatoms. The molecule has 7 nitrogen and oxygen atoms in total. The van der Waals surface area contributed by atoms with Crippen LogP contribution in [0, 0.1) is 0 Å². The van der Waals surface area contributed by atoms with Crippen LogP contribution in [0.2, 0.25) is 0 Å². The molecule has 0 aliphatic carbocycles. The van der Waals surface area contributed by atoms with E-state index in [4.69, 9.17) is 4.42 Å². The van der Waals surface area contributed by atoms with Gasteiger partial charge >= 0.3 is 0 Å². The second kappa shape index (κ2) is 9.02. The van der Waals surface area contributed by atoms with Crippen molar-refractivity contribution >= 4 is 28.9 Å². The minimum Gasteiger partial charge on any atom is -0.469 e. The van der Waals surface area contributed by atoms with Crippen LogP contribution in [0.4, 0.5) is 11.4 Å². The van der Waals surface area contributed by atoms with E-state index >= 15 is 0 Å². The van der Waals surface area contributed by atoms with Crippen LogP contribution in [0.3, 0.4) is 0 Å². The van der Waals surface area contributed by atoms with Crippen molar-refractivity contribution in [2.24, 2.45) is 5.10 Å². The Morgan fingerprint density at radius 2 is 2.19 bits per heavy atom. The Labute approximate surface area is 158 Å². The van der Waals surface area contributed by atoms with Crippen LogP contribution in [0.5, 0.6) is 0 Å². The molecular weight excluding hydrogens is 344 g/mol. The fourth-order valence-corrected chi connectivity index (χ4v) is 2.90. The number of hydrogen-bond donors (Lipinski definition) is 2. The Kier molecular flexibility index (Phi) is 6.25. The largest absolute Gasteiger partial charge is 0.469 e. The monoisotopic (exact) mass is 368 g/mol. The van der Waals surface area contributed by atoms with Gasteiger partial charge in [0.1, 0.15) is 5.76 Å². The lowest BCUT2D eigenvalue weighted by atomic mass is 10.2. The van der Waals surface area contributed by atoms with Crippen LogP contribution in [0.1, 0.15) is 31.9 Å². The average Bonchev–Trinajstić information content (AvgIpc) is 3.34. The van der Waals surface area contributed by atoms with Gasteiger partial charge in [-0.05, 0) is 50.1 Å². The Bertz CT molecular complexity index is 814. The molecule has 1 aromatic heterocycles. The molecular formula is C20H24N4O3. The first-order valence-electron chi connectivity index (χ1n) is 9.10. The molecule has 2 aromatic rings. The van der Waals surface area contributed by atoms with Gasteiger partial charge in [0.2, 0.25) is 5.91 Å². The fourth-order valence-electron chi connectivity index (χ4n) is 2.90. The van der Waals surface area contributed by atoms with Gasteiger partial charge in [0.25, 0.3) is 5.91 Å². The van der Waals surface area contributed by atoms with Crippen LogP contribution in [-0.2, 0) is 16.0 Å². The number of anilines is 2. The van der Waals surface area contributed by atoms with Crippen molar-refractivity contribution in [1.29, 1.82) is 0 Å². The normalized spacial score (nSPS) is 14.5. The van der Waals surface area contributed by atoms with E-state index < -0.39 is 0 Å². The predicted octanol–water partition coefficient (Wildman–Crippen LogP) is 2.94. The zero-order chi connectivity index (χ0) is 19.1. The number of rotatable bonds is 8. The van der Waals surface area contributed by atoms with E-state index in [1.807, 2.05) is 43.3 Å². The summed E-state index contributed by atoms with van der Waals surface area (Å²) in [5.74, 6) is 0.813. The number of nitrogens with one attached hydrogen (secondary N) is 2. The van der Waals surface area contributed by atoms with Gasteiger partial charge in [-0.25, -0.2) is 5.43 Å². The fraction of sp³-hybridized carbons (Fsp3) is 0.350. The first-order valence-corrected chi connectivity index (χ1v) is 9.10. The van der Waals surface area contributed by atoms with Crippen molar-refractivity contribution in [3.8, 4) is 0 Å². The SMILES string of the molecule is C/C(CCc1ccco1)=N\NC(=O)CNc1cccc(N2CCCC2=O)c1. The summed E-state index contributed by atoms with van der Waals surface area (Å²) in [6.07, 6.45) is 4.59. The molecule has 0 bridgehead atoms. The van der Waals surface area contributed by atoms with E-state index in [1.54, 1.807) is 11.2 Å². The first kappa shape index (κ1) is 18.7. The third-order valence-corrected chi connectivity index (χ3v) is 4.37. The van der Waals surface area contributed by atoms with E-state index in [0.29, 0.717) is 12.8 Å². The lowest BCUT2D eigenvalue weighted by molar-refractivity contribution is -0.119. The van der Waals surface area contributed by atoms with E-state index in [1.165, 1.54) is 0 Å². The van der Waals surface area contributed by atoms with Crippen molar-refractivity contribution in [2.75, 3.05) is 23.3 Å². The number of furan rings is 1. The Morgan fingerprint density at radius 3 is 2.93 bits per heavy atom. The summed E-state index contributed by atoms with van der Waals surface area (Å²) in [5.41, 5.74) is 5.03. The summed E-state index contributed by atoms with van der Waals surface area (Å²) in [5, 5.41) is 7.18. The Hall–Kier alpha value is -3.09. The molecule has 1 fully saturated rings. The van der Waals surface area contributed by atoms with Crippen LogP contribution in [-0.4, -0.2) is 30.6 Å². The van der Waals surface area contributed by atoms with Gasteiger partial charge in [-0.15, -0.1) is 0 Å². The average molecular weight is 368 g/mol. The molecule has 1 aliphatic heterocycles. The molecule has 27 heavy (non-hydrogen) atoms. The lowest BCUT2D eigenvalue weighted by Gasteiger charge is -2.17. The molecule has 1 aromatic carbocycles. The molecule has 1 aliphatic rings. The maximum atomic E-state index is 12.0. The van der Waals surface area contributed by atoms with Gasteiger partial charge in [-0.3, -0.25) is 9.59 Å². The highest BCUT2D eigenvalue weighted by atomic mass is 16.3. The molecule has 1 saturated heterocycles. The maximum absolute atomic E-state index is 12.0. The highest BCUT2D eigenvalue weighted by molar-refractivity contribution is 5.95. The molecule has 0 radical (unpaired) electrons. The molecule has 2 amide bonds. The summed E-state index contributed by atoms with van der Waals surface area (Å²) in [6.45, 7) is 2.72. The summed E-state index contributed by atoms with van der Waals surface area (Å²) < 4.78 is 5.27. The van der Waals surface area contributed by atoms with Crippen molar-refractivity contribution in [2.45, 2.75) is 32.6 Å². The van der Waals surface area contributed by atoms with Gasteiger partial charge < -0.3 is 14.6 Å². The number of carbonyl (C=O) groups excluding carboxylic acids is 2. The summed E-state index contributed by atoms with van der Waals surface area (Å²) in [6, 6.07) is 11.3.